The number of hydrogen-bond acceptors (Lipinski definition) is 8. The lowest BCUT2D eigenvalue weighted by Gasteiger charge is -2.41. The number of carbonyl (C=O) groups excluding carboxylic acids is 2. The number of benzene rings is 1. The van der Waals surface area contributed by atoms with E-state index in [2.05, 4.69) is 23.1 Å². The maximum Gasteiger partial charge on any atom is 0.352 e. The SMILES string of the molecule is COC1=C[C@]23CCCN2CCc2cc4c(cc2[C@@H]3[C@@H]1OC(=O)[C@@]1(CC=C(C)C)CC(=O)O1)OCO4. The second-order valence-corrected chi connectivity index (χ2v) is 10.4. The van der Waals surface area contributed by atoms with Crippen molar-refractivity contribution in [1.29, 1.82) is 0 Å². The van der Waals surface area contributed by atoms with Crippen molar-refractivity contribution in [3.8, 4) is 11.5 Å². The third-order valence-corrected chi connectivity index (χ3v) is 8.15. The molecule has 4 atom stereocenters. The van der Waals surface area contributed by atoms with Crippen LogP contribution >= 0.6 is 0 Å². The molecule has 0 bridgehead atoms. The molecule has 0 unspecified atom stereocenters. The topological polar surface area (TPSA) is 83.5 Å². The Morgan fingerprint density at radius 2 is 2.00 bits per heavy atom. The van der Waals surface area contributed by atoms with E-state index in [9.17, 15) is 9.59 Å². The van der Waals surface area contributed by atoms with Crippen LogP contribution in [0.2, 0.25) is 0 Å². The Morgan fingerprint density at radius 1 is 1.23 bits per heavy atom. The molecule has 8 heteroatoms. The lowest BCUT2D eigenvalue weighted by Crippen LogP contribution is -2.56. The van der Waals surface area contributed by atoms with E-state index in [1.807, 2.05) is 19.9 Å². The molecular formula is C27H31NO7. The lowest BCUT2D eigenvalue weighted by atomic mass is 9.77. The molecule has 0 saturated carbocycles. The number of ether oxygens (including phenoxy) is 5. The van der Waals surface area contributed by atoms with Crippen LogP contribution in [-0.2, 0) is 30.2 Å². The van der Waals surface area contributed by atoms with E-state index in [1.54, 1.807) is 7.11 Å². The monoisotopic (exact) mass is 481 g/mol. The molecule has 6 rings (SSSR count). The summed E-state index contributed by atoms with van der Waals surface area (Å²) >= 11 is 0. The molecule has 5 aliphatic rings. The molecule has 186 valence electrons. The van der Waals surface area contributed by atoms with Crippen molar-refractivity contribution in [2.24, 2.45) is 0 Å². The van der Waals surface area contributed by atoms with Gasteiger partial charge in [-0.1, -0.05) is 11.6 Å². The summed E-state index contributed by atoms with van der Waals surface area (Å²) in [7, 11) is 1.62. The van der Waals surface area contributed by atoms with Gasteiger partial charge in [0.2, 0.25) is 12.4 Å². The molecule has 0 amide bonds. The Labute approximate surface area is 204 Å². The number of cyclic esters (lactones) is 1. The average molecular weight is 482 g/mol. The molecule has 0 aromatic heterocycles. The summed E-state index contributed by atoms with van der Waals surface area (Å²) in [6, 6.07) is 4.13. The molecule has 1 spiro atoms. The number of allylic oxidation sites excluding steroid dienone is 1. The van der Waals surface area contributed by atoms with Crippen LogP contribution < -0.4 is 9.47 Å². The number of carbonyl (C=O) groups is 2. The van der Waals surface area contributed by atoms with Crippen molar-refractivity contribution in [3.05, 3.63) is 46.7 Å². The van der Waals surface area contributed by atoms with Crippen molar-refractivity contribution in [3.63, 3.8) is 0 Å². The maximum absolute atomic E-state index is 13.6. The van der Waals surface area contributed by atoms with Gasteiger partial charge >= 0.3 is 11.9 Å². The molecule has 0 N–H and O–H groups in total. The third-order valence-electron chi connectivity index (χ3n) is 8.15. The predicted molar refractivity (Wildman–Crippen MR) is 125 cm³/mol. The first-order valence-electron chi connectivity index (χ1n) is 12.4. The first kappa shape index (κ1) is 22.5. The van der Waals surface area contributed by atoms with Crippen LogP contribution in [0.5, 0.6) is 11.5 Å². The van der Waals surface area contributed by atoms with Crippen LogP contribution in [0.25, 0.3) is 0 Å². The zero-order valence-electron chi connectivity index (χ0n) is 20.4. The first-order valence-corrected chi connectivity index (χ1v) is 12.4. The highest BCUT2D eigenvalue weighted by Gasteiger charge is 2.60. The Hall–Kier alpha value is -3.00. The van der Waals surface area contributed by atoms with Crippen LogP contribution in [0.1, 0.15) is 56.6 Å². The molecule has 4 heterocycles. The highest BCUT2D eigenvalue weighted by atomic mass is 16.7. The molecule has 1 aliphatic carbocycles. The van der Waals surface area contributed by atoms with Gasteiger partial charge in [-0.25, -0.2) is 4.79 Å². The second-order valence-electron chi connectivity index (χ2n) is 10.4. The summed E-state index contributed by atoms with van der Waals surface area (Å²) in [4.78, 5) is 27.9. The van der Waals surface area contributed by atoms with Gasteiger partial charge in [0.25, 0.3) is 0 Å². The zero-order chi connectivity index (χ0) is 24.4. The number of methoxy groups -OCH3 is 1. The summed E-state index contributed by atoms with van der Waals surface area (Å²) < 4.78 is 28.9. The third kappa shape index (κ3) is 3.37. The van der Waals surface area contributed by atoms with E-state index in [1.165, 1.54) is 5.56 Å². The number of esters is 2. The molecule has 4 aliphatic heterocycles. The van der Waals surface area contributed by atoms with Gasteiger partial charge in [0.1, 0.15) is 5.76 Å². The summed E-state index contributed by atoms with van der Waals surface area (Å²) in [6.07, 6.45) is 6.66. The minimum absolute atomic E-state index is 0.0194. The molecule has 1 aromatic rings. The van der Waals surface area contributed by atoms with Crippen LogP contribution in [-0.4, -0.2) is 61.1 Å². The first-order chi connectivity index (χ1) is 16.8. The van der Waals surface area contributed by atoms with Gasteiger partial charge in [0, 0.05) is 13.0 Å². The van der Waals surface area contributed by atoms with Crippen molar-refractivity contribution in [2.45, 2.75) is 69.1 Å². The second kappa shape index (κ2) is 8.01. The highest BCUT2D eigenvalue weighted by Crippen LogP contribution is 2.56. The molecule has 0 radical (unpaired) electrons. The van der Waals surface area contributed by atoms with E-state index >= 15 is 0 Å². The number of fused-ring (bicyclic) bond motifs is 3. The Balaban J connectivity index is 1.40. The van der Waals surface area contributed by atoms with Gasteiger partial charge in [-0.2, -0.15) is 0 Å². The van der Waals surface area contributed by atoms with Gasteiger partial charge < -0.3 is 23.7 Å². The number of nitrogens with zero attached hydrogens (tertiary/aromatic N) is 1. The van der Waals surface area contributed by atoms with Crippen molar-refractivity contribution in [1.82, 2.24) is 4.90 Å². The summed E-state index contributed by atoms with van der Waals surface area (Å²) in [6.45, 7) is 5.99. The quantitative estimate of drug-likeness (QED) is 0.468. The normalized spacial score (nSPS) is 32.3. The summed E-state index contributed by atoms with van der Waals surface area (Å²) in [5.41, 5.74) is 1.74. The van der Waals surface area contributed by atoms with Gasteiger partial charge in [0.05, 0.1) is 25.0 Å². The van der Waals surface area contributed by atoms with E-state index in [-0.39, 0.29) is 30.6 Å². The van der Waals surface area contributed by atoms with Crippen LogP contribution in [0.15, 0.2) is 35.6 Å². The Morgan fingerprint density at radius 3 is 2.71 bits per heavy atom. The van der Waals surface area contributed by atoms with E-state index in [4.69, 9.17) is 23.7 Å². The number of hydrogen-bond donors (Lipinski definition) is 0. The highest BCUT2D eigenvalue weighted by molar-refractivity contribution is 5.94. The van der Waals surface area contributed by atoms with Crippen LogP contribution in [0.3, 0.4) is 0 Å². The fourth-order valence-corrected chi connectivity index (χ4v) is 6.44. The molecule has 35 heavy (non-hydrogen) atoms. The number of rotatable bonds is 5. The minimum atomic E-state index is -1.28. The van der Waals surface area contributed by atoms with Crippen molar-refractivity contribution >= 4 is 11.9 Å². The maximum atomic E-state index is 13.6. The van der Waals surface area contributed by atoms with Crippen molar-refractivity contribution in [2.75, 3.05) is 27.0 Å². The van der Waals surface area contributed by atoms with Crippen LogP contribution in [0.4, 0.5) is 0 Å². The smallest absolute Gasteiger partial charge is 0.352 e. The Kier molecular flexibility index (Phi) is 5.14. The lowest BCUT2D eigenvalue weighted by molar-refractivity contribution is -0.210. The predicted octanol–water partition coefficient (Wildman–Crippen LogP) is 3.39. The van der Waals surface area contributed by atoms with Gasteiger partial charge in [0.15, 0.2) is 17.6 Å². The summed E-state index contributed by atoms with van der Waals surface area (Å²) in [5, 5.41) is 0. The summed E-state index contributed by atoms with van der Waals surface area (Å²) in [5.74, 6) is 1.05. The molecule has 2 saturated heterocycles. The van der Waals surface area contributed by atoms with Crippen LogP contribution in [0, 0.1) is 0 Å². The average Bonchev–Trinajstić information content (AvgIpc) is 3.49. The van der Waals surface area contributed by atoms with Gasteiger partial charge in [-0.3, -0.25) is 9.69 Å². The molecule has 2 fully saturated rings. The minimum Gasteiger partial charge on any atom is -0.497 e. The van der Waals surface area contributed by atoms with Gasteiger partial charge in [-0.15, -0.1) is 0 Å². The standard InChI is InChI=1S/C27H31NO7/c1-16(2)5-8-27(14-22(29)35-27)25(30)34-24-21(31-3)13-26-7-4-9-28(26)10-6-17-11-19-20(33-15-32-19)12-18(17)23(24)26/h5,11-13,23-24H,4,6-10,14-15H2,1-3H3/t23-,24-,26+,27-/m1/s1. The largest absolute Gasteiger partial charge is 0.497 e. The molecular weight excluding hydrogens is 450 g/mol. The fraction of sp³-hybridized carbons (Fsp3) is 0.556. The van der Waals surface area contributed by atoms with E-state index < -0.39 is 17.7 Å². The fourth-order valence-electron chi connectivity index (χ4n) is 6.44. The molecule has 1 aromatic carbocycles. The Bertz CT molecular complexity index is 1140. The van der Waals surface area contributed by atoms with Gasteiger partial charge in [-0.05, 0) is 69.0 Å². The van der Waals surface area contributed by atoms with Crippen molar-refractivity contribution < 1.29 is 33.3 Å². The van der Waals surface area contributed by atoms with E-state index in [0.717, 1.165) is 49.2 Å². The van der Waals surface area contributed by atoms with E-state index in [0.29, 0.717) is 17.9 Å². The zero-order valence-corrected chi connectivity index (χ0v) is 20.4. The molecule has 8 nitrogen and oxygen atoms in total.